The SMILES string of the molecule is CCCCCCCCCCCCC(CCCCCCCCCCCC)(C(=O)OCCOCCOCCOCCOCCOCCOCCOCCOCCOCCOCCOCCOC)C(=O)OCCOCCOCCOCCOCCOCCOCCOCCOCCOCCOCCOCCOC. The molecule has 0 bridgehead atoms. The van der Waals surface area contributed by atoms with Crippen LogP contribution in [0.3, 0.4) is 0 Å². The summed E-state index contributed by atoms with van der Waals surface area (Å²) in [6.07, 6.45) is 23.6. The molecule has 628 valence electrons. The number of hydrogen-bond acceptors (Lipinski definition) is 28. The maximum Gasteiger partial charge on any atom is 0.323 e. The van der Waals surface area contributed by atoms with Gasteiger partial charge in [0.2, 0.25) is 0 Å². The minimum absolute atomic E-state index is 0.0136. The maximum absolute atomic E-state index is 14.3. The van der Waals surface area contributed by atoms with E-state index < -0.39 is 17.4 Å². The van der Waals surface area contributed by atoms with E-state index in [0.717, 1.165) is 51.4 Å². The van der Waals surface area contributed by atoms with Crippen molar-refractivity contribution in [1.82, 2.24) is 0 Å². The van der Waals surface area contributed by atoms with E-state index in [9.17, 15) is 9.59 Å². The molecule has 0 aliphatic heterocycles. The molecule has 0 amide bonds. The summed E-state index contributed by atoms with van der Waals surface area (Å²) >= 11 is 0. The molecule has 0 unspecified atom stereocenters. The first-order chi connectivity index (χ1) is 52.1. The normalized spacial score (nSPS) is 11.8. The lowest BCUT2D eigenvalue weighted by Crippen LogP contribution is -2.43. The van der Waals surface area contributed by atoms with E-state index in [1.165, 1.54) is 77.0 Å². The second-order valence-electron chi connectivity index (χ2n) is 24.7. The van der Waals surface area contributed by atoms with Gasteiger partial charge in [0.25, 0.3) is 0 Å². The van der Waals surface area contributed by atoms with E-state index in [1.54, 1.807) is 14.2 Å². The molecule has 0 aromatic carbocycles. The van der Waals surface area contributed by atoms with Crippen molar-refractivity contribution >= 4 is 11.9 Å². The highest BCUT2D eigenvalue weighted by atomic mass is 16.6. The molecule has 0 aromatic rings. The lowest BCUT2D eigenvalue weighted by molar-refractivity contribution is -0.176. The largest absolute Gasteiger partial charge is 0.462 e. The summed E-state index contributed by atoms with van der Waals surface area (Å²) in [5.74, 6) is -1.08. The fraction of sp³-hybridized carbons (Fsp3) is 0.974. The number of rotatable bonds is 96. The zero-order valence-corrected chi connectivity index (χ0v) is 66.4. The van der Waals surface area contributed by atoms with Gasteiger partial charge in [0.1, 0.15) is 13.2 Å². The summed E-state index contributed by atoms with van der Waals surface area (Å²) in [7, 11) is 3.29. The maximum atomic E-state index is 14.3. The number of esters is 2. The minimum atomic E-state index is -1.41. The lowest BCUT2D eigenvalue weighted by atomic mass is 9.77. The van der Waals surface area contributed by atoms with Crippen LogP contribution in [-0.2, 0) is 133 Å². The Morgan fingerprint density at radius 1 is 0.171 bits per heavy atom. The summed E-state index contributed by atoms with van der Waals surface area (Å²) in [6.45, 7) is 25.6. The third kappa shape index (κ3) is 81.3. The van der Waals surface area contributed by atoms with Crippen LogP contribution >= 0.6 is 0 Å². The standard InChI is InChI=1S/C77H152O28/c1-5-7-9-11-13-15-17-19-21-23-25-77(26-24-22-20-18-16-14-12-10-8-6-2,75(78)104-73-71-102-69-67-100-65-63-98-61-59-96-57-55-94-53-51-92-49-47-90-45-43-88-41-39-86-37-35-84-33-31-82-29-27-80-3)76(79)105-74-72-103-70-68-101-66-64-99-62-60-97-58-56-95-54-52-93-50-48-91-46-44-89-42-40-87-38-36-85-34-32-83-30-28-81-4/h5-74H2,1-4H3. The Morgan fingerprint density at radius 2 is 0.295 bits per heavy atom. The molecule has 0 fully saturated rings. The number of methoxy groups -OCH3 is 2. The smallest absolute Gasteiger partial charge is 0.323 e. The summed E-state index contributed by atoms with van der Waals surface area (Å²) in [6, 6.07) is 0. The van der Waals surface area contributed by atoms with Crippen LogP contribution in [0.15, 0.2) is 0 Å². The average molecular weight is 1530 g/mol. The summed E-state index contributed by atoms with van der Waals surface area (Å²) in [5, 5.41) is 0. The zero-order valence-electron chi connectivity index (χ0n) is 66.4. The van der Waals surface area contributed by atoms with E-state index in [0.29, 0.717) is 304 Å². The molecule has 0 heterocycles. The van der Waals surface area contributed by atoms with Crippen LogP contribution in [0.5, 0.6) is 0 Å². The number of ether oxygens (including phenoxy) is 26. The Balaban J connectivity index is 4.44. The molecular weight excluding hydrogens is 1370 g/mol. The molecular formula is C77H152O28. The van der Waals surface area contributed by atoms with E-state index in [4.69, 9.17) is 123 Å². The van der Waals surface area contributed by atoms with Gasteiger partial charge in [-0.3, -0.25) is 9.59 Å². The molecule has 0 aliphatic carbocycles. The van der Waals surface area contributed by atoms with Gasteiger partial charge in [-0.2, -0.15) is 0 Å². The molecule has 0 N–H and O–H groups in total. The molecule has 28 heteroatoms. The lowest BCUT2D eigenvalue weighted by Gasteiger charge is -2.30. The van der Waals surface area contributed by atoms with Crippen LogP contribution < -0.4 is 0 Å². The Labute approximate surface area is 634 Å². The average Bonchev–Trinajstić information content (AvgIpc) is 0.811. The van der Waals surface area contributed by atoms with Gasteiger partial charge in [-0.05, 0) is 12.8 Å². The van der Waals surface area contributed by atoms with Crippen molar-refractivity contribution in [2.45, 2.75) is 155 Å². The predicted molar refractivity (Wildman–Crippen MR) is 399 cm³/mol. The van der Waals surface area contributed by atoms with Gasteiger partial charge < -0.3 is 123 Å². The van der Waals surface area contributed by atoms with Crippen LogP contribution in [0, 0.1) is 5.41 Å². The zero-order chi connectivity index (χ0) is 75.5. The van der Waals surface area contributed by atoms with E-state index >= 15 is 0 Å². The summed E-state index contributed by atoms with van der Waals surface area (Å²) < 4.78 is 144. The van der Waals surface area contributed by atoms with Crippen molar-refractivity contribution in [3.63, 3.8) is 0 Å². The predicted octanol–water partition coefficient (Wildman–Crippen LogP) is 9.34. The highest BCUT2D eigenvalue weighted by Crippen LogP contribution is 2.36. The molecule has 0 radical (unpaired) electrons. The Hall–Kier alpha value is -2.02. The van der Waals surface area contributed by atoms with Gasteiger partial charge in [0.05, 0.1) is 304 Å². The third-order valence-corrected chi connectivity index (χ3v) is 15.9. The Bertz CT molecular complexity index is 1520. The van der Waals surface area contributed by atoms with Gasteiger partial charge in [-0.25, -0.2) is 0 Å². The Kier molecular flexibility index (Phi) is 90.8. The van der Waals surface area contributed by atoms with Crippen LogP contribution in [-0.4, -0.2) is 343 Å². The third-order valence-electron chi connectivity index (χ3n) is 15.9. The second kappa shape index (κ2) is 92.6. The fourth-order valence-electron chi connectivity index (χ4n) is 9.99. The molecule has 0 rings (SSSR count). The number of unbranched alkanes of at least 4 members (excludes halogenated alkanes) is 18. The van der Waals surface area contributed by atoms with Gasteiger partial charge >= 0.3 is 11.9 Å². The molecule has 0 aliphatic rings. The number of carbonyl (C=O) groups excluding carboxylic acids is 2. The number of carbonyl (C=O) groups is 2. The van der Waals surface area contributed by atoms with E-state index in [2.05, 4.69) is 13.8 Å². The first kappa shape index (κ1) is 103. The van der Waals surface area contributed by atoms with Crippen LogP contribution in [0.25, 0.3) is 0 Å². The molecule has 0 atom stereocenters. The Morgan fingerprint density at radius 3 is 0.438 bits per heavy atom. The quantitative estimate of drug-likeness (QED) is 0.0311. The van der Waals surface area contributed by atoms with Gasteiger partial charge in [0, 0.05) is 14.2 Å². The van der Waals surface area contributed by atoms with Gasteiger partial charge in [0.15, 0.2) is 5.41 Å². The highest BCUT2D eigenvalue weighted by molar-refractivity contribution is 6.00. The van der Waals surface area contributed by atoms with E-state index in [-0.39, 0.29) is 26.4 Å². The first-order valence-electron chi connectivity index (χ1n) is 40.1. The van der Waals surface area contributed by atoms with E-state index in [1.807, 2.05) is 0 Å². The molecule has 0 saturated heterocycles. The van der Waals surface area contributed by atoms with Gasteiger partial charge in [-0.15, -0.1) is 0 Å². The summed E-state index contributed by atoms with van der Waals surface area (Å²) in [4.78, 5) is 28.6. The van der Waals surface area contributed by atoms with Crippen LogP contribution in [0.4, 0.5) is 0 Å². The fourth-order valence-corrected chi connectivity index (χ4v) is 9.99. The monoisotopic (exact) mass is 1530 g/mol. The molecule has 0 aromatic heterocycles. The van der Waals surface area contributed by atoms with Crippen LogP contribution in [0.1, 0.15) is 155 Å². The molecule has 28 nitrogen and oxygen atoms in total. The highest BCUT2D eigenvalue weighted by Gasteiger charge is 2.48. The van der Waals surface area contributed by atoms with Gasteiger partial charge in [-0.1, -0.05) is 142 Å². The van der Waals surface area contributed by atoms with Crippen molar-refractivity contribution in [2.75, 3.05) is 331 Å². The minimum Gasteiger partial charge on any atom is -0.462 e. The topological polar surface area (TPSA) is 274 Å². The van der Waals surface area contributed by atoms with Crippen molar-refractivity contribution in [3.05, 3.63) is 0 Å². The molecule has 0 saturated carbocycles. The molecule has 0 spiro atoms. The van der Waals surface area contributed by atoms with Crippen LogP contribution in [0.2, 0.25) is 0 Å². The molecule has 105 heavy (non-hydrogen) atoms. The van der Waals surface area contributed by atoms with Crippen molar-refractivity contribution in [2.24, 2.45) is 5.41 Å². The number of hydrogen-bond donors (Lipinski definition) is 0. The first-order valence-corrected chi connectivity index (χ1v) is 40.1. The van der Waals surface area contributed by atoms with Crippen molar-refractivity contribution < 1.29 is 133 Å². The van der Waals surface area contributed by atoms with Crippen molar-refractivity contribution in [1.29, 1.82) is 0 Å². The summed E-state index contributed by atoms with van der Waals surface area (Å²) in [5.41, 5.74) is -1.41. The second-order valence-corrected chi connectivity index (χ2v) is 24.7. The van der Waals surface area contributed by atoms with Crippen molar-refractivity contribution in [3.8, 4) is 0 Å².